The van der Waals surface area contributed by atoms with Crippen LogP contribution in [0.5, 0.6) is 0 Å². The maximum atomic E-state index is 12.6. The van der Waals surface area contributed by atoms with Gasteiger partial charge in [0.05, 0.1) is 17.6 Å². The number of hydrogen-bond donors (Lipinski definition) is 1. The van der Waals surface area contributed by atoms with Crippen LogP contribution in [-0.4, -0.2) is 38.5 Å². The molecule has 2 rings (SSSR count). The first-order valence-electron chi connectivity index (χ1n) is 6.59. The summed E-state index contributed by atoms with van der Waals surface area (Å²) >= 11 is 6.04. The van der Waals surface area contributed by atoms with Gasteiger partial charge in [0, 0.05) is 24.7 Å². The predicted octanol–water partition coefficient (Wildman–Crippen LogP) is 1.60. The molecule has 20 heavy (non-hydrogen) atoms. The summed E-state index contributed by atoms with van der Waals surface area (Å²) in [4.78, 5) is 0.205. The molecule has 0 amide bonds. The van der Waals surface area contributed by atoms with Crippen LogP contribution in [0.15, 0.2) is 23.1 Å². The van der Waals surface area contributed by atoms with Crippen molar-refractivity contribution in [1.29, 1.82) is 0 Å². The topological polar surface area (TPSA) is 72.6 Å². The average Bonchev–Trinajstić information content (AvgIpc) is 2.47. The molecule has 0 saturated carbocycles. The standard InChI is InChI=1S/C13H19ClN2O3S/c1-2-11-9-16(5-6-19-11)20(17,18)12-4-3-10(8-15)13(14)7-12/h3-4,7,11H,2,5-6,8-9,15H2,1H3. The van der Waals surface area contributed by atoms with E-state index < -0.39 is 10.0 Å². The van der Waals surface area contributed by atoms with Crippen LogP contribution >= 0.6 is 11.6 Å². The molecule has 0 radical (unpaired) electrons. The van der Waals surface area contributed by atoms with Gasteiger partial charge in [-0.2, -0.15) is 4.31 Å². The number of hydrogen-bond acceptors (Lipinski definition) is 4. The van der Waals surface area contributed by atoms with Crippen molar-refractivity contribution in [3.8, 4) is 0 Å². The first kappa shape index (κ1) is 15.7. The zero-order chi connectivity index (χ0) is 14.8. The van der Waals surface area contributed by atoms with Gasteiger partial charge < -0.3 is 10.5 Å². The van der Waals surface area contributed by atoms with Crippen molar-refractivity contribution >= 4 is 21.6 Å². The number of rotatable bonds is 4. The zero-order valence-electron chi connectivity index (χ0n) is 11.4. The van der Waals surface area contributed by atoms with Crippen LogP contribution in [0.1, 0.15) is 18.9 Å². The summed E-state index contributed by atoms with van der Waals surface area (Å²) < 4.78 is 32.1. The molecule has 0 spiro atoms. The molecule has 1 aromatic carbocycles. The third kappa shape index (κ3) is 3.15. The lowest BCUT2D eigenvalue weighted by atomic mass is 10.2. The fraction of sp³-hybridized carbons (Fsp3) is 0.538. The molecule has 7 heteroatoms. The van der Waals surface area contributed by atoms with Gasteiger partial charge in [-0.25, -0.2) is 8.42 Å². The second-order valence-corrected chi connectivity index (χ2v) is 7.07. The Hall–Kier alpha value is -0.660. The number of ether oxygens (including phenoxy) is 1. The minimum absolute atomic E-state index is 0.0442. The Labute approximate surface area is 124 Å². The Balaban J connectivity index is 2.28. The largest absolute Gasteiger partial charge is 0.375 e. The second-order valence-electron chi connectivity index (χ2n) is 4.72. The molecule has 1 saturated heterocycles. The van der Waals surface area contributed by atoms with Gasteiger partial charge >= 0.3 is 0 Å². The minimum Gasteiger partial charge on any atom is -0.375 e. The minimum atomic E-state index is -3.52. The monoisotopic (exact) mass is 318 g/mol. The highest BCUT2D eigenvalue weighted by molar-refractivity contribution is 7.89. The van der Waals surface area contributed by atoms with E-state index in [0.717, 1.165) is 12.0 Å². The first-order chi connectivity index (χ1) is 9.48. The van der Waals surface area contributed by atoms with Crippen LogP contribution in [0.2, 0.25) is 5.02 Å². The van der Waals surface area contributed by atoms with Crippen molar-refractivity contribution in [2.24, 2.45) is 5.73 Å². The lowest BCUT2D eigenvalue weighted by molar-refractivity contribution is -0.00277. The molecule has 0 aliphatic carbocycles. The quantitative estimate of drug-likeness (QED) is 0.915. The van der Waals surface area contributed by atoms with Crippen LogP contribution in [0.25, 0.3) is 0 Å². The van der Waals surface area contributed by atoms with E-state index in [1.807, 2.05) is 6.92 Å². The maximum Gasteiger partial charge on any atom is 0.243 e. The van der Waals surface area contributed by atoms with Crippen molar-refractivity contribution in [1.82, 2.24) is 4.31 Å². The number of halogens is 1. The van der Waals surface area contributed by atoms with E-state index in [1.54, 1.807) is 12.1 Å². The van der Waals surface area contributed by atoms with Crippen LogP contribution in [0.4, 0.5) is 0 Å². The van der Waals surface area contributed by atoms with Gasteiger partial charge in [0.1, 0.15) is 0 Å². The summed E-state index contributed by atoms with van der Waals surface area (Å²) in [6, 6.07) is 4.68. The maximum absolute atomic E-state index is 12.6. The molecule has 1 aromatic rings. The van der Waals surface area contributed by atoms with Crippen molar-refractivity contribution in [3.05, 3.63) is 28.8 Å². The number of sulfonamides is 1. The van der Waals surface area contributed by atoms with E-state index >= 15 is 0 Å². The number of nitrogens with two attached hydrogens (primary N) is 1. The van der Waals surface area contributed by atoms with E-state index in [4.69, 9.17) is 22.1 Å². The van der Waals surface area contributed by atoms with Crippen LogP contribution in [-0.2, 0) is 21.3 Å². The van der Waals surface area contributed by atoms with Crippen molar-refractivity contribution in [2.75, 3.05) is 19.7 Å². The smallest absolute Gasteiger partial charge is 0.243 e. The fourth-order valence-electron chi connectivity index (χ4n) is 2.16. The molecular formula is C13H19ClN2O3S. The Morgan fingerprint density at radius 1 is 1.50 bits per heavy atom. The van der Waals surface area contributed by atoms with Gasteiger partial charge in [-0.3, -0.25) is 0 Å². The number of morpholine rings is 1. The van der Waals surface area contributed by atoms with Crippen LogP contribution < -0.4 is 5.73 Å². The third-order valence-corrected chi connectivity index (χ3v) is 5.65. The van der Waals surface area contributed by atoms with Gasteiger partial charge in [-0.15, -0.1) is 0 Å². The van der Waals surface area contributed by atoms with Crippen molar-refractivity contribution < 1.29 is 13.2 Å². The van der Waals surface area contributed by atoms with E-state index in [9.17, 15) is 8.42 Å². The Morgan fingerprint density at radius 2 is 2.25 bits per heavy atom. The van der Waals surface area contributed by atoms with Crippen LogP contribution in [0, 0.1) is 0 Å². The molecule has 1 unspecified atom stereocenters. The third-order valence-electron chi connectivity index (χ3n) is 3.44. The molecule has 1 atom stereocenters. The normalized spacial score (nSPS) is 21.1. The molecule has 0 aromatic heterocycles. The Morgan fingerprint density at radius 3 is 2.85 bits per heavy atom. The van der Waals surface area contributed by atoms with Gasteiger partial charge in [-0.05, 0) is 24.1 Å². The molecule has 1 fully saturated rings. The van der Waals surface area contributed by atoms with E-state index in [1.165, 1.54) is 10.4 Å². The van der Waals surface area contributed by atoms with E-state index in [2.05, 4.69) is 0 Å². The second kappa shape index (κ2) is 6.41. The molecule has 112 valence electrons. The highest BCUT2D eigenvalue weighted by atomic mass is 35.5. The molecule has 0 bridgehead atoms. The molecule has 5 nitrogen and oxygen atoms in total. The molecule has 2 N–H and O–H groups in total. The van der Waals surface area contributed by atoms with Gasteiger partial charge in [0.25, 0.3) is 0 Å². The summed E-state index contributed by atoms with van der Waals surface area (Å²) in [6.45, 7) is 3.44. The van der Waals surface area contributed by atoms with Crippen LogP contribution in [0.3, 0.4) is 0 Å². The zero-order valence-corrected chi connectivity index (χ0v) is 13.0. The van der Waals surface area contributed by atoms with E-state index in [0.29, 0.717) is 24.7 Å². The molecule has 1 aliphatic rings. The number of nitrogens with zero attached hydrogens (tertiary/aromatic N) is 1. The lowest BCUT2D eigenvalue weighted by Crippen LogP contribution is -2.45. The summed E-state index contributed by atoms with van der Waals surface area (Å²) in [5.74, 6) is 0. The molecular weight excluding hydrogens is 300 g/mol. The SMILES string of the molecule is CCC1CN(S(=O)(=O)c2ccc(CN)c(Cl)c2)CCO1. The predicted molar refractivity (Wildman–Crippen MR) is 78.1 cm³/mol. The van der Waals surface area contributed by atoms with Crippen molar-refractivity contribution in [3.63, 3.8) is 0 Å². The highest BCUT2D eigenvalue weighted by Crippen LogP contribution is 2.24. The highest BCUT2D eigenvalue weighted by Gasteiger charge is 2.30. The summed E-state index contributed by atoms with van der Waals surface area (Å²) in [6.07, 6.45) is 0.746. The summed E-state index contributed by atoms with van der Waals surface area (Å²) in [5, 5.41) is 0.383. The van der Waals surface area contributed by atoms with Gasteiger partial charge in [0.2, 0.25) is 10.0 Å². The van der Waals surface area contributed by atoms with Gasteiger partial charge in [-0.1, -0.05) is 24.6 Å². The van der Waals surface area contributed by atoms with Gasteiger partial charge in [0.15, 0.2) is 0 Å². The molecule has 1 aliphatic heterocycles. The Kier molecular flexibility index (Phi) is 5.04. The fourth-order valence-corrected chi connectivity index (χ4v) is 3.97. The summed E-state index contributed by atoms with van der Waals surface area (Å²) in [7, 11) is -3.52. The van der Waals surface area contributed by atoms with E-state index in [-0.39, 0.29) is 17.5 Å². The lowest BCUT2D eigenvalue weighted by Gasteiger charge is -2.31. The Bertz CT molecular complexity index is 577. The molecule has 1 heterocycles. The first-order valence-corrected chi connectivity index (χ1v) is 8.41. The number of benzene rings is 1. The van der Waals surface area contributed by atoms with Crippen molar-refractivity contribution in [2.45, 2.75) is 30.9 Å². The average molecular weight is 319 g/mol. The summed E-state index contributed by atoms with van der Waals surface area (Å²) in [5.41, 5.74) is 6.26.